The Labute approximate surface area is 121 Å². The number of hydrogen-bond acceptors (Lipinski definition) is 2. The Hall–Kier alpha value is -0.770. The zero-order valence-corrected chi connectivity index (χ0v) is 12.7. The molecule has 0 aliphatic heterocycles. The molecule has 2 aromatic rings. The van der Waals surface area contributed by atoms with E-state index in [4.69, 9.17) is 5.73 Å². The zero-order chi connectivity index (χ0) is 13.0. The molecule has 0 amide bonds. The highest BCUT2D eigenvalue weighted by atomic mass is 79.9. The van der Waals surface area contributed by atoms with Crippen LogP contribution in [0, 0.1) is 6.92 Å². The smallest absolute Gasteiger partial charge is 0.0466 e. The van der Waals surface area contributed by atoms with Crippen molar-refractivity contribution in [2.75, 3.05) is 6.54 Å². The van der Waals surface area contributed by atoms with E-state index in [-0.39, 0.29) is 0 Å². The van der Waals surface area contributed by atoms with Crippen molar-refractivity contribution in [1.82, 2.24) is 0 Å². The molecule has 0 aliphatic rings. The summed E-state index contributed by atoms with van der Waals surface area (Å²) in [4.78, 5) is 1.30. The van der Waals surface area contributed by atoms with Gasteiger partial charge < -0.3 is 5.73 Å². The Morgan fingerprint density at radius 2 is 1.78 bits per heavy atom. The summed E-state index contributed by atoms with van der Waals surface area (Å²) in [6, 6.07) is 16.8. The highest BCUT2D eigenvalue weighted by Crippen LogP contribution is 2.36. The molecule has 2 rings (SSSR count). The van der Waals surface area contributed by atoms with Gasteiger partial charge in [0.25, 0.3) is 0 Å². The van der Waals surface area contributed by atoms with Gasteiger partial charge in [0.05, 0.1) is 0 Å². The van der Waals surface area contributed by atoms with Crippen LogP contribution in [0.4, 0.5) is 0 Å². The van der Waals surface area contributed by atoms with Crippen LogP contribution in [0.15, 0.2) is 57.9 Å². The van der Waals surface area contributed by atoms with Gasteiger partial charge in [-0.15, -0.1) is 11.8 Å². The quantitative estimate of drug-likeness (QED) is 0.836. The second-order valence-corrected chi connectivity index (χ2v) is 6.32. The Kier molecular flexibility index (Phi) is 4.87. The molecule has 18 heavy (non-hydrogen) atoms. The minimum atomic E-state index is 0.305. The molecule has 0 aromatic heterocycles. The topological polar surface area (TPSA) is 26.0 Å². The molecule has 1 nitrogen and oxygen atoms in total. The van der Waals surface area contributed by atoms with Crippen LogP contribution in [0.5, 0.6) is 0 Å². The van der Waals surface area contributed by atoms with Crippen molar-refractivity contribution in [3.8, 4) is 0 Å². The molecule has 0 radical (unpaired) electrons. The molecule has 3 heteroatoms. The second kappa shape index (κ2) is 6.41. The third-order valence-electron chi connectivity index (χ3n) is 2.82. The maximum atomic E-state index is 5.91. The van der Waals surface area contributed by atoms with E-state index in [0.29, 0.717) is 11.8 Å². The van der Waals surface area contributed by atoms with Crippen LogP contribution in [0.1, 0.15) is 16.4 Å². The summed E-state index contributed by atoms with van der Waals surface area (Å²) in [6.45, 7) is 2.78. The van der Waals surface area contributed by atoms with Gasteiger partial charge in [-0.3, -0.25) is 0 Å². The summed E-state index contributed by atoms with van der Waals surface area (Å²) in [5, 5.41) is 0.305. The molecular formula is C15H16BrNS. The Morgan fingerprint density at radius 3 is 2.39 bits per heavy atom. The lowest BCUT2D eigenvalue weighted by molar-refractivity contribution is 0.939. The highest BCUT2D eigenvalue weighted by molar-refractivity contribution is 9.10. The first-order chi connectivity index (χ1) is 8.70. The third-order valence-corrected chi connectivity index (χ3v) is 4.81. The lowest BCUT2D eigenvalue weighted by Gasteiger charge is -2.16. The number of hydrogen-bond donors (Lipinski definition) is 1. The zero-order valence-electron chi connectivity index (χ0n) is 10.3. The number of halogens is 1. The SMILES string of the molecule is Cc1ccccc1SC(CN)c1ccc(Br)cc1. The van der Waals surface area contributed by atoms with Crippen molar-refractivity contribution in [3.63, 3.8) is 0 Å². The average Bonchev–Trinajstić information content (AvgIpc) is 2.39. The van der Waals surface area contributed by atoms with Crippen molar-refractivity contribution in [2.45, 2.75) is 17.1 Å². The maximum absolute atomic E-state index is 5.91. The summed E-state index contributed by atoms with van der Waals surface area (Å²) >= 11 is 5.29. The fourth-order valence-electron chi connectivity index (χ4n) is 1.77. The Balaban J connectivity index is 2.20. The first-order valence-electron chi connectivity index (χ1n) is 5.88. The summed E-state index contributed by atoms with van der Waals surface area (Å²) in [7, 11) is 0. The van der Waals surface area contributed by atoms with E-state index < -0.39 is 0 Å². The Morgan fingerprint density at radius 1 is 1.11 bits per heavy atom. The summed E-state index contributed by atoms with van der Waals surface area (Å²) in [6.07, 6.45) is 0. The second-order valence-electron chi connectivity index (χ2n) is 4.16. The van der Waals surface area contributed by atoms with E-state index in [1.54, 1.807) is 0 Å². The summed E-state index contributed by atoms with van der Waals surface area (Å²) < 4.78 is 1.10. The van der Waals surface area contributed by atoms with Crippen molar-refractivity contribution in [3.05, 3.63) is 64.1 Å². The molecule has 0 saturated heterocycles. The molecule has 2 N–H and O–H groups in total. The van der Waals surface area contributed by atoms with Crippen LogP contribution in [-0.2, 0) is 0 Å². The van der Waals surface area contributed by atoms with E-state index in [2.05, 4.69) is 71.4 Å². The molecule has 94 valence electrons. The van der Waals surface area contributed by atoms with Crippen LogP contribution in [-0.4, -0.2) is 6.54 Å². The normalized spacial score (nSPS) is 12.4. The highest BCUT2D eigenvalue weighted by Gasteiger charge is 2.12. The number of rotatable bonds is 4. The summed E-state index contributed by atoms with van der Waals surface area (Å²) in [5.41, 5.74) is 8.48. The predicted molar refractivity (Wildman–Crippen MR) is 83.0 cm³/mol. The minimum Gasteiger partial charge on any atom is -0.329 e. The molecule has 0 bridgehead atoms. The van der Waals surface area contributed by atoms with Gasteiger partial charge in [0.15, 0.2) is 0 Å². The summed E-state index contributed by atoms with van der Waals surface area (Å²) in [5.74, 6) is 0. The van der Waals surface area contributed by atoms with Crippen molar-refractivity contribution < 1.29 is 0 Å². The minimum absolute atomic E-state index is 0.305. The molecule has 0 aliphatic carbocycles. The van der Waals surface area contributed by atoms with Gasteiger partial charge in [0, 0.05) is 21.2 Å². The van der Waals surface area contributed by atoms with E-state index in [9.17, 15) is 0 Å². The average molecular weight is 322 g/mol. The number of aryl methyl sites for hydroxylation is 1. The van der Waals surface area contributed by atoms with E-state index in [1.165, 1.54) is 16.0 Å². The fourth-order valence-corrected chi connectivity index (χ4v) is 3.14. The van der Waals surface area contributed by atoms with Gasteiger partial charge in [-0.05, 0) is 36.2 Å². The maximum Gasteiger partial charge on any atom is 0.0466 e. The first kappa shape index (κ1) is 13.7. The van der Waals surface area contributed by atoms with Gasteiger partial charge in [-0.2, -0.15) is 0 Å². The van der Waals surface area contributed by atoms with Gasteiger partial charge in [-0.1, -0.05) is 46.3 Å². The number of nitrogens with two attached hydrogens (primary N) is 1. The van der Waals surface area contributed by atoms with Crippen LogP contribution >= 0.6 is 27.7 Å². The molecule has 1 atom stereocenters. The van der Waals surface area contributed by atoms with Crippen molar-refractivity contribution in [1.29, 1.82) is 0 Å². The number of benzene rings is 2. The van der Waals surface area contributed by atoms with Crippen molar-refractivity contribution >= 4 is 27.7 Å². The van der Waals surface area contributed by atoms with Gasteiger partial charge in [-0.25, -0.2) is 0 Å². The largest absolute Gasteiger partial charge is 0.329 e. The number of thioether (sulfide) groups is 1. The molecule has 0 spiro atoms. The standard InChI is InChI=1S/C15H16BrNS/c1-11-4-2-3-5-14(11)18-15(10-17)12-6-8-13(16)9-7-12/h2-9,15H,10,17H2,1H3. The lowest BCUT2D eigenvalue weighted by atomic mass is 10.1. The molecule has 2 aromatic carbocycles. The lowest BCUT2D eigenvalue weighted by Crippen LogP contribution is -2.09. The molecular weight excluding hydrogens is 306 g/mol. The van der Waals surface area contributed by atoms with Gasteiger partial charge in [0.2, 0.25) is 0 Å². The van der Waals surface area contributed by atoms with E-state index in [0.717, 1.165) is 4.47 Å². The monoisotopic (exact) mass is 321 g/mol. The van der Waals surface area contributed by atoms with Crippen LogP contribution in [0.3, 0.4) is 0 Å². The predicted octanol–water partition coefficient (Wildman–Crippen LogP) is 4.55. The van der Waals surface area contributed by atoms with Crippen molar-refractivity contribution in [2.24, 2.45) is 5.73 Å². The van der Waals surface area contributed by atoms with Crippen LogP contribution in [0.2, 0.25) is 0 Å². The van der Waals surface area contributed by atoms with Gasteiger partial charge >= 0.3 is 0 Å². The van der Waals surface area contributed by atoms with Crippen LogP contribution < -0.4 is 5.73 Å². The van der Waals surface area contributed by atoms with E-state index in [1.807, 2.05) is 11.8 Å². The molecule has 1 unspecified atom stereocenters. The Bertz CT molecular complexity index is 510. The third kappa shape index (κ3) is 3.37. The molecule has 0 heterocycles. The van der Waals surface area contributed by atoms with E-state index >= 15 is 0 Å². The first-order valence-corrected chi connectivity index (χ1v) is 7.56. The molecule has 0 fully saturated rings. The van der Waals surface area contributed by atoms with Gasteiger partial charge in [0.1, 0.15) is 0 Å². The fraction of sp³-hybridized carbons (Fsp3) is 0.200. The molecule has 0 saturated carbocycles. The van der Waals surface area contributed by atoms with Crippen LogP contribution in [0.25, 0.3) is 0 Å².